The molecule has 4 nitrogen and oxygen atoms in total. The van der Waals surface area contributed by atoms with Gasteiger partial charge in [-0.25, -0.2) is 19.0 Å². The molecular formula is C13H10ClFN4. The quantitative estimate of drug-likeness (QED) is 0.722. The second-order valence-corrected chi connectivity index (χ2v) is 4.58. The van der Waals surface area contributed by atoms with Crippen LogP contribution in [0.15, 0.2) is 36.7 Å². The number of hydrogen-bond donors (Lipinski definition) is 0. The van der Waals surface area contributed by atoms with Crippen LogP contribution in [0.2, 0.25) is 5.15 Å². The van der Waals surface area contributed by atoms with Gasteiger partial charge >= 0.3 is 0 Å². The van der Waals surface area contributed by atoms with Gasteiger partial charge < -0.3 is 0 Å². The average molecular weight is 277 g/mol. The molecule has 1 atom stereocenters. The van der Waals surface area contributed by atoms with Crippen molar-refractivity contribution in [1.82, 2.24) is 19.7 Å². The molecule has 0 fully saturated rings. The molecule has 0 bridgehead atoms. The lowest BCUT2D eigenvalue weighted by atomic mass is 10.1. The first-order valence-electron chi connectivity index (χ1n) is 5.77. The molecule has 0 aliphatic carbocycles. The topological polar surface area (TPSA) is 43.6 Å². The monoisotopic (exact) mass is 276 g/mol. The Kier molecular flexibility index (Phi) is 2.91. The Morgan fingerprint density at radius 2 is 2.05 bits per heavy atom. The van der Waals surface area contributed by atoms with Gasteiger partial charge in [0.05, 0.1) is 18.4 Å². The molecule has 19 heavy (non-hydrogen) atoms. The number of nitrogens with zero attached hydrogens (tertiary/aromatic N) is 4. The van der Waals surface area contributed by atoms with Gasteiger partial charge in [-0.15, -0.1) is 0 Å². The van der Waals surface area contributed by atoms with E-state index in [9.17, 15) is 4.39 Å². The minimum Gasteiger partial charge on any atom is -0.248 e. The van der Waals surface area contributed by atoms with Crippen molar-refractivity contribution in [3.8, 4) is 0 Å². The third kappa shape index (κ3) is 2.06. The summed E-state index contributed by atoms with van der Waals surface area (Å²) >= 11 is 5.84. The van der Waals surface area contributed by atoms with Crippen LogP contribution < -0.4 is 0 Å². The molecule has 0 aliphatic heterocycles. The van der Waals surface area contributed by atoms with E-state index in [1.54, 1.807) is 29.1 Å². The molecule has 6 heteroatoms. The van der Waals surface area contributed by atoms with Crippen LogP contribution in [-0.4, -0.2) is 19.7 Å². The molecule has 0 saturated carbocycles. The molecule has 3 aromatic rings. The third-order valence-electron chi connectivity index (χ3n) is 3.00. The summed E-state index contributed by atoms with van der Waals surface area (Å²) in [7, 11) is 0. The van der Waals surface area contributed by atoms with Gasteiger partial charge in [0.2, 0.25) is 0 Å². The zero-order valence-corrected chi connectivity index (χ0v) is 10.8. The van der Waals surface area contributed by atoms with Crippen molar-refractivity contribution in [3.05, 3.63) is 53.2 Å². The molecule has 0 radical (unpaired) electrons. The maximum Gasteiger partial charge on any atom is 0.178 e. The van der Waals surface area contributed by atoms with E-state index in [-0.39, 0.29) is 17.0 Å². The van der Waals surface area contributed by atoms with Crippen LogP contribution in [0.25, 0.3) is 11.2 Å². The summed E-state index contributed by atoms with van der Waals surface area (Å²) in [4.78, 5) is 8.32. The Bertz CT molecular complexity index is 740. The van der Waals surface area contributed by atoms with Gasteiger partial charge in [-0.3, -0.25) is 0 Å². The molecule has 3 rings (SSSR count). The molecule has 96 valence electrons. The summed E-state index contributed by atoms with van der Waals surface area (Å²) in [5.41, 5.74) is 1.73. The molecule has 0 amide bonds. The zero-order valence-electron chi connectivity index (χ0n) is 10.1. The summed E-state index contributed by atoms with van der Waals surface area (Å²) in [5.74, 6) is -0.270. The van der Waals surface area contributed by atoms with Crippen molar-refractivity contribution in [1.29, 1.82) is 0 Å². The van der Waals surface area contributed by atoms with Gasteiger partial charge in [0.25, 0.3) is 0 Å². The number of hydrogen-bond acceptors (Lipinski definition) is 3. The van der Waals surface area contributed by atoms with E-state index in [0.717, 1.165) is 0 Å². The number of halogens is 2. The van der Waals surface area contributed by atoms with Crippen molar-refractivity contribution in [3.63, 3.8) is 0 Å². The van der Waals surface area contributed by atoms with Gasteiger partial charge in [-0.05, 0) is 13.0 Å². The first kappa shape index (κ1) is 12.0. The van der Waals surface area contributed by atoms with Crippen LogP contribution in [-0.2, 0) is 0 Å². The SMILES string of the molecule is C[C@@H](c1ccccc1F)n1ncc2ncc(Cl)nc21. The highest BCUT2D eigenvalue weighted by molar-refractivity contribution is 6.29. The third-order valence-corrected chi connectivity index (χ3v) is 3.18. The van der Waals surface area contributed by atoms with E-state index in [1.807, 2.05) is 6.92 Å². The van der Waals surface area contributed by atoms with Crippen LogP contribution in [0, 0.1) is 5.82 Å². The van der Waals surface area contributed by atoms with Crippen LogP contribution in [0.3, 0.4) is 0 Å². The van der Waals surface area contributed by atoms with Crippen molar-refractivity contribution in [2.24, 2.45) is 0 Å². The summed E-state index contributed by atoms with van der Waals surface area (Å²) in [5, 5.41) is 4.51. The fourth-order valence-corrected chi connectivity index (χ4v) is 2.16. The Balaban J connectivity index is 2.14. The minimum absolute atomic E-state index is 0.270. The number of aromatic nitrogens is 4. The lowest BCUT2D eigenvalue weighted by molar-refractivity contribution is 0.530. The molecule has 0 N–H and O–H groups in total. The first-order chi connectivity index (χ1) is 9.16. The van der Waals surface area contributed by atoms with Crippen LogP contribution in [0.1, 0.15) is 18.5 Å². The van der Waals surface area contributed by atoms with Gasteiger partial charge in [-0.2, -0.15) is 5.10 Å². The smallest absolute Gasteiger partial charge is 0.178 e. The predicted octanol–water partition coefficient (Wildman–Crippen LogP) is 3.23. The van der Waals surface area contributed by atoms with E-state index < -0.39 is 0 Å². The first-order valence-corrected chi connectivity index (χ1v) is 6.15. The zero-order chi connectivity index (χ0) is 13.4. The van der Waals surface area contributed by atoms with Gasteiger partial charge in [0, 0.05) is 5.56 Å². The molecule has 0 saturated heterocycles. The summed E-state index contributed by atoms with van der Waals surface area (Å²) in [6.07, 6.45) is 3.06. The van der Waals surface area contributed by atoms with E-state index >= 15 is 0 Å². The standard InChI is InChI=1S/C13H10ClFN4/c1-8(9-4-2-3-5-10(9)15)19-13-11(6-17-19)16-7-12(14)18-13/h2-8H,1H3/t8-/m0/s1. The minimum atomic E-state index is -0.286. The number of rotatable bonds is 2. The fraction of sp³-hybridized carbons (Fsp3) is 0.154. The maximum atomic E-state index is 13.8. The molecule has 2 aromatic heterocycles. The highest BCUT2D eigenvalue weighted by atomic mass is 35.5. The van der Waals surface area contributed by atoms with E-state index in [0.29, 0.717) is 16.7 Å². The molecule has 2 heterocycles. The Morgan fingerprint density at radius 1 is 1.26 bits per heavy atom. The normalized spacial score (nSPS) is 12.8. The second kappa shape index (κ2) is 4.59. The Hall–Kier alpha value is -2.01. The van der Waals surface area contributed by atoms with Gasteiger partial charge in [0.15, 0.2) is 5.65 Å². The van der Waals surface area contributed by atoms with Gasteiger partial charge in [-0.1, -0.05) is 29.8 Å². The summed E-state index contributed by atoms with van der Waals surface area (Å²) in [6.45, 7) is 1.85. The lowest BCUT2D eigenvalue weighted by Gasteiger charge is -2.14. The van der Waals surface area contributed by atoms with Crippen LogP contribution >= 0.6 is 11.6 Å². The molecule has 0 aliphatic rings. The lowest BCUT2D eigenvalue weighted by Crippen LogP contribution is -2.10. The fourth-order valence-electron chi connectivity index (χ4n) is 2.03. The highest BCUT2D eigenvalue weighted by Crippen LogP contribution is 2.23. The van der Waals surface area contributed by atoms with E-state index in [1.165, 1.54) is 12.3 Å². The number of fused-ring (bicyclic) bond motifs is 1. The van der Waals surface area contributed by atoms with E-state index in [2.05, 4.69) is 15.1 Å². The van der Waals surface area contributed by atoms with E-state index in [4.69, 9.17) is 11.6 Å². The molecule has 0 unspecified atom stereocenters. The predicted molar refractivity (Wildman–Crippen MR) is 70.5 cm³/mol. The van der Waals surface area contributed by atoms with Gasteiger partial charge in [0.1, 0.15) is 16.5 Å². The van der Waals surface area contributed by atoms with Crippen LogP contribution in [0.4, 0.5) is 4.39 Å². The largest absolute Gasteiger partial charge is 0.248 e. The average Bonchev–Trinajstić information content (AvgIpc) is 2.81. The maximum absolute atomic E-state index is 13.8. The highest BCUT2D eigenvalue weighted by Gasteiger charge is 2.16. The molecule has 0 spiro atoms. The Labute approximate surface area is 113 Å². The molecular weight excluding hydrogens is 267 g/mol. The second-order valence-electron chi connectivity index (χ2n) is 4.19. The van der Waals surface area contributed by atoms with Crippen molar-refractivity contribution in [2.45, 2.75) is 13.0 Å². The van der Waals surface area contributed by atoms with Crippen molar-refractivity contribution < 1.29 is 4.39 Å². The van der Waals surface area contributed by atoms with Crippen LogP contribution in [0.5, 0.6) is 0 Å². The Morgan fingerprint density at radius 3 is 2.84 bits per heavy atom. The summed E-state index contributed by atoms with van der Waals surface area (Å²) in [6, 6.07) is 6.32. The number of benzene rings is 1. The van der Waals surface area contributed by atoms with Crippen molar-refractivity contribution >= 4 is 22.8 Å². The van der Waals surface area contributed by atoms with Crippen molar-refractivity contribution in [2.75, 3.05) is 0 Å². The summed E-state index contributed by atoms with van der Waals surface area (Å²) < 4.78 is 15.4. The molecule has 1 aromatic carbocycles.